The van der Waals surface area contributed by atoms with E-state index < -0.39 is 0 Å². The van der Waals surface area contributed by atoms with Crippen LogP contribution in [0.2, 0.25) is 0 Å². The van der Waals surface area contributed by atoms with E-state index in [4.69, 9.17) is 0 Å². The summed E-state index contributed by atoms with van der Waals surface area (Å²) in [5.41, 5.74) is 2.02. The predicted molar refractivity (Wildman–Crippen MR) is 76.4 cm³/mol. The van der Waals surface area contributed by atoms with Gasteiger partial charge in [-0.2, -0.15) is 5.10 Å². The van der Waals surface area contributed by atoms with E-state index in [0.29, 0.717) is 6.54 Å². The minimum atomic E-state index is -0.0285. The third-order valence-electron chi connectivity index (χ3n) is 3.50. The molecule has 1 aromatic heterocycles. The molecule has 2 N–H and O–H groups in total. The number of nitrogens with zero attached hydrogens (tertiary/aromatic N) is 2. The molecule has 5 heteroatoms. The van der Waals surface area contributed by atoms with Gasteiger partial charge in [0, 0.05) is 18.3 Å². The Morgan fingerprint density at radius 1 is 1.40 bits per heavy atom. The molecule has 104 valence electrons. The van der Waals surface area contributed by atoms with Crippen molar-refractivity contribution in [2.24, 2.45) is 0 Å². The number of benzene rings is 1. The van der Waals surface area contributed by atoms with Crippen molar-refractivity contribution in [3.05, 3.63) is 48.3 Å². The Labute approximate surface area is 118 Å². The number of rotatable bonds is 4. The molecular formula is C15H18N4O. The number of para-hydroxylation sites is 1. The molecule has 1 atom stereocenters. The summed E-state index contributed by atoms with van der Waals surface area (Å²) < 4.78 is 1.81. The van der Waals surface area contributed by atoms with E-state index in [1.165, 1.54) is 0 Å². The van der Waals surface area contributed by atoms with Crippen molar-refractivity contribution in [3.8, 4) is 5.69 Å². The zero-order valence-electron chi connectivity index (χ0n) is 11.2. The van der Waals surface area contributed by atoms with Gasteiger partial charge in [0.1, 0.15) is 0 Å². The summed E-state index contributed by atoms with van der Waals surface area (Å²) in [4.78, 5) is 11.9. The van der Waals surface area contributed by atoms with E-state index in [1.54, 1.807) is 6.20 Å². The number of carbonyl (C=O) groups is 1. The highest BCUT2D eigenvalue weighted by molar-refractivity contribution is 5.81. The molecule has 0 spiro atoms. The van der Waals surface area contributed by atoms with Gasteiger partial charge in [0.05, 0.1) is 17.9 Å². The van der Waals surface area contributed by atoms with Crippen molar-refractivity contribution in [2.45, 2.75) is 25.4 Å². The van der Waals surface area contributed by atoms with Crippen LogP contribution in [0.5, 0.6) is 0 Å². The number of carbonyl (C=O) groups excluding carboxylic acids is 1. The molecule has 1 saturated heterocycles. The third-order valence-corrected chi connectivity index (χ3v) is 3.50. The zero-order chi connectivity index (χ0) is 13.8. The Kier molecular flexibility index (Phi) is 3.78. The monoisotopic (exact) mass is 270 g/mol. The highest BCUT2D eigenvalue weighted by Gasteiger charge is 2.21. The van der Waals surface area contributed by atoms with Gasteiger partial charge in [-0.15, -0.1) is 0 Å². The summed E-state index contributed by atoms with van der Waals surface area (Å²) in [5.74, 6) is 0.0787. The second kappa shape index (κ2) is 5.88. The number of amides is 1. The summed E-state index contributed by atoms with van der Waals surface area (Å²) >= 11 is 0. The molecule has 20 heavy (non-hydrogen) atoms. The fourth-order valence-corrected chi connectivity index (χ4v) is 2.39. The molecule has 5 nitrogen and oxygen atoms in total. The minimum Gasteiger partial charge on any atom is -0.351 e. The largest absolute Gasteiger partial charge is 0.351 e. The van der Waals surface area contributed by atoms with Crippen LogP contribution in [0.15, 0.2) is 42.7 Å². The molecule has 0 unspecified atom stereocenters. The van der Waals surface area contributed by atoms with Crippen LogP contribution in [0.4, 0.5) is 0 Å². The molecule has 0 bridgehead atoms. The van der Waals surface area contributed by atoms with Gasteiger partial charge in [0.25, 0.3) is 0 Å². The lowest BCUT2D eigenvalue weighted by atomic mass is 10.2. The minimum absolute atomic E-state index is 0.0285. The third kappa shape index (κ3) is 2.88. The van der Waals surface area contributed by atoms with Crippen molar-refractivity contribution < 1.29 is 4.79 Å². The molecule has 1 aliphatic heterocycles. The second-order valence-corrected chi connectivity index (χ2v) is 5.00. The van der Waals surface area contributed by atoms with Crippen LogP contribution in [0.1, 0.15) is 18.4 Å². The van der Waals surface area contributed by atoms with Gasteiger partial charge in [0.15, 0.2) is 0 Å². The van der Waals surface area contributed by atoms with E-state index in [-0.39, 0.29) is 11.9 Å². The quantitative estimate of drug-likeness (QED) is 0.879. The molecular weight excluding hydrogens is 252 g/mol. The van der Waals surface area contributed by atoms with Crippen molar-refractivity contribution in [2.75, 3.05) is 6.54 Å². The van der Waals surface area contributed by atoms with E-state index in [0.717, 1.165) is 30.6 Å². The smallest absolute Gasteiger partial charge is 0.237 e. The Balaban J connectivity index is 1.59. The van der Waals surface area contributed by atoms with Gasteiger partial charge >= 0.3 is 0 Å². The fraction of sp³-hybridized carbons (Fsp3) is 0.333. The summed E-state index contributed by atoms with van der Waals surface area (Å²) in [6.45, 7) is 1.45. The Hall–Kier alpha value is -2.14. The second-order valence-electron chi connectivity index (χ2n) is 5.00. The van der Waals surface area contributed by atoms with Crippen molar-refractivity contribution in [1.82, 2.24) is 20.4 Å². The zero-order valence-corrected chi connectivity index (χ0v) is 11.2. The topological polar surface area (TPSA) is 59.0 Å². The Morgan fingerprint density at radius 3 is 3.00 bits per heavy atom. The standard InChI is InChI=1S/C15H18N4O/c20-15(14-7-4-8-16-14)17-9-12-10-18-19(11-12)13-5-2-1-3-6-13/h1-3,5-6,10-11,14,16H,4,7-9H2,(H,17,20)/t14-/m0/s1. The molecule has 2 heterocycles. The highest BCUT2D eigenvalue weighted by Crippen LogP contribution is 2.08. The van der Waals surface area contributed by atoms with E-state index in [1.807, 2.05) is 41.2 Å². The molecule has 2 aromatic rings. The summed E-state index contributed by atoms with van der Waals surface area (Å²) in [6.07, 6.45) is 5.73. The number of nitrogens with one attached hydrogen (secondary N) is 2. The number of hydrogen-bond acceptors (Lipinski definition) is 3. The van der Waals surface area contributed by atoms with Crippen molar-refractivity contribution in [3.63, 3.8) is 0 Å². The SMILES string of the molecule is O=C(NCc1cnn(-c2ccccc2)c1)[C@@H]1CCCN1. The van der Waals surface area contributed by atoms with Crippen LogP contribution < -0.4 is 10.6 Å². The molecule has 3 rings (SSSR count). The lowest BCUT2D eigenvalue weighted by molar-refractivity contribution is -0.122. The maximum atomic E-state index is 11.9. The molecule has 0 saturated carbocycles. The van der Waals surface area contributed by atoms with E-state index in [9.17, 15) is 4.79 Å². The van der Waals surface area contributed by atoms with Crippen LogP contribution in [-0.2, 0) is 11.3 Å². The van der Waals surface area contributed by atoms with Gasteiger partial charge in [-0.05, 0) is 31.5 Å². The highest BCUT2D eigenvalue weighted by atomic mass is 16.2. The molecule has 1 aliphatic rings. The maximum Gasteiger partial charge on any atom is 0.237 e. The molecule has 1 amide bonds. The average molecular weight is 270 g/mol. The van der Waals surface area contributed by atoms with Gasteiger partial charge in [0.2, 0.25) is 5.91 Å². The first-order valence-corrected chi connectivity index (χ1v) is 6.93. The first-order valence-electron chi connectivity index (χ1n) is 6.93. The molecule has 0 aliphatic carbocycles. The molecule has 0 radical (unpaired) electrons. The van der Waals surface area contributed by atoms with Crippen molar-refractivity contribution in [1.29, 1.82) is 0 Å². The van der Waals surface area contributed by atoms with Gasteiger partial charge in [-0.1, -0.05) is 18.2 Å². The van der Waals surface area contributed by atoms with E-state index in [2.05, 4.69) is 15.7 Å². The summed E-state index contributed by atoms with van der Waals surface area (Å²) in [6, 6.07) is 9.89. The Bertz CT molecular complexity index is 573. The Morgan fingerprint density at radius 2 is 2.25 bits per heavy atom. The van der Waals surface area contributed by atoms with Crippen LogP contribution in [0, 0.1) is 0 Å². The van der Waals surface area contributed by atoms with Gasteiger partial charge < -0.3 is 10.6 Å². The lowest BCUT2D eigenvalue weighted by Gasteiger charge is -2.09. The molecule has 1 aromatic carbocycles. The van der Waals surface area contributed by atoms with Gasteiger partial charge in [-0.3, -0.25) is 4.79 Å². The van der Waals surface area contributed by atoms with Crippen molar-refractivity contribution >= 4 is 5.91 Å². The van der Waals surface area contributed by atoms with Crippen LogP contribution in [-0.4, -0.2) is 28.3 Å². The first-order chi connectivity index (χ1) is 9.83. The normalized spacial score (nSPS) is 18.1. The van der Waals surface area contributed by atoms with Gasteiger partial charge in [-0.25, -0.2) is 4.68 Å². The van der Waals surface area contributed by atoms with Crippen LogP contribution >= 0.6 is 0 Å². The van der Waals surface area contributed by atoms with E-state index >= 15 is 0 Å². The summed E-state index contributed by atoms with van der Waals surface area (Å²) in [7, 11) is 0. The first kappa shape index (κ1) is 12.9. The molecule has 1 fully saturated rings. The van der Waals surface area contributed by atoms with Crippen LogP contribution in [0.25, 0.3) is 5.69 Å². The predicted octanol–water partition coefficient (Wildman–Crippen LogP) is 1.24. The van der Waals surface area contributed by atoms with Crippen LogP contribution in [0.3, 0.4) is 0 Å². The number of hydrogen-bond donors (Lipinski definition) is 2. The average Bonchev–Trinajstić information content (AvgIpc) is 3.17. The maximum absolute atomic E-state index is 11.9. The number of aromatic nitrogens is 2. The fourth-order valence-electron chi connectivity index (χ4n) is 2.39. The lowest BCUT2D eigenvalue weighted by Crippen LogP contribution is -2.39. The summed E-state index contributed by atoms with van der Waals surface area (Å²) in [5, 5.41) is 10.5.